The number of aromatic nitrogens is 2. The second kappa shape index (κ2) is 3.87. The van der Waals surface area contributed by atoms with E-state index in [0.717, 1.165) is 27.9 Å². The number of rotatable bonds is 0. The molecule has 0 atom stereocenters. The lowest BCUT2D eigenvalue weighted by molar-refractivity contribution is 0.554. The number of H-pyrrole nitrogens is 1. The monoisotopic (exact) mass is 240 g/mol. The molecule has 2 radical (unpaired) electrons. The van der Waals surface area contributed by atoms with E-state index in [1.807, 2.05) is 6.07 Å². The molecule has 0 aliphatic carbocycles. The smallest absolute Gasteiger partial charge is 0.114 e. The van der Waals surface area contributed by atoms with Crippen molar-refractivity contribution in [2.45, 2.75) is 52.4 Å². The molecular formula is C15H21BN2. The van der Waals surface area contributed by atoms with E-state index < -0.39 is 0 Å². The molecule has 0 bridgehead atoms. The Balaban J connectivity index is 2.65. The second-order valence-electron chi connectivity index (χ2n) is 7.04. The van der Waals surface area contributed by atoms with Crippen molar-refractivity contribution in [3.8, 4) is 0 Å². The molecule has 3 heteroatoms. The highest BCUT2D eigenvalue weighted by atomic mass is 14.9. The summed E-state index contributed by atoms with van der Waals surface area (Å²) in [4.78, 5) is 8.05. The van der Waals surface area contributed by atoms with Gasteiger partial charge in [-0.1, -0.05) is 47.0 Å². The van der Waals surface area contributed by atoms with Gasteiger partial charge in [-0.3, -0.25) is 0 Å². The van der Waals surface area contributed by atoms with Crippen LogP contribution in [0.1, 0.15) is 52.9 Å². The fourth-order valence-electron chi connectivity index (χ4n) is 2.08. The van der Waals surface area contributed by atoms with Crippen LogP contribution in [-0.4, -0.2) is 17.8 Å². The lowest BCUT2D eigenvalue weighted by Crippen LogP contribution is -2.22. The summed E-state index contributed by atoms with van der Waals surface area (Å²) < 4.78 is 0. The van der Waals surface area contributed by atoms with Gasteiger partial charge in [0.1, 0.15) is 13.7 Å². The molecule has 1 N–H and O–H groups in total. The zero-order chi connectivity index (χ0) is 13.7. The molecule has 1 aromatic heterocycles. The van der Waals surface area contributed by atoms with Crippen LogP contribution < -0.4 is 5.46 Å². The number of aromatic amines is 1. The zero-order valence-corrected chi connectivity index (χ0v) is 12.2. The van der Waals surface area contributed by atoms with Crippen LogP contribution in [0.5, 0.6) is 0 Å². The maximum absolute atomic E-state index is 6.14. The first-order valence-corrected chi connectivity index (χ1v) is 6.39. The minimum absolute atomic E-state index is 0.0235. The van der Waals surface area contributed by atoms with Crippen LogP contribution in [0.3, 0.4) is 0 Å². The third-order valence-corrected chi connectivity index (χ3v) is 3.17. The topological polar surface area (TPSA) is 28.7 Å². The first kappa shape index (κ1) is 13.2. The van der Waals surface area contributed by atoms with E-state index in [2.05, 4.69) is 57.6 Å². The highest BCUT2D eigenvalue weighted by molar-refractivity contribution is 6.34. The maximum Gasteiger partial charge on any atom is 0.114 e. The van der Waals surface area contributed by atoms with Gasteiger partial charge in [0.15, 0.2) is 0 Å². The molecule has 2 nitrogen and oxygen atoms in total. The predicted molar refractivity (Wildman–Crippen MR) is 78.9 cm³/mol. The fourth-order valence-corrected chi connectivity index (χ4v) is 2.08. The van der Waals surface area contributed by atoms with E-state index in [1.165, 1.54) is 0 Å². The highest BCUT2D eigenvalue weighted by Crippen LogP contribution is 2.26. The third kappa shape index (κ3) is 2.31. The van der Waals surface area contributed by atoms with Crippen molar-refractivity contribution in [1.29, 1.82) is 0 Å². The van der Waals surface area contributed by atoms with Crippen molar-refractivity contribution in [3.05, 3.63) is 23.5 Å². The van der Waals surface area contributed by atoms with Crippen molar-refractivity contribution >= 4 is 24.3 Å². The molecule has 1 heterocycles. The Labute approximate surface area is 111 Å². The Morgan fingerprint density at radius 2 is 1.61 bits per heavy atom. The van der Waals surface area contributed by atoms with Gasteiger partial charge in [0.05, 0.1) is 11.0 Å². The Morgan fingerprint density at radius 3 is 2.11 bits per heavy atom. The van der Waals surface area contributed by atoms with Crippen molar-refractivity contribution in [2.24, 2.45) is 0 Å². The van der Waals surface area contributed by atoms with E-state index in [-0.39, 0.29) is 10.8 Å². The van der Waals surface area contributed by atoms with Gasteiger partial charge in [-0.15, -0.1) is 0 Å². The number of fused-ring (bicyclic) bond motifs is 1. The molecule has 0 amide bonds. The second-order valence-corrected chi connectivity index (χ2v) is 7.04. The number of hydrogen-bond donors (Lipinski definition) is 1. The van der Waals surface area contributed by atoms with Gasteiger partial charge in [0, 0.05) is 5.41 Å². The summed E-state index contributed by atoms with van der Waals surface area (Å²) in [6.07, 6.45) is 0. The van der Waals surface area contributed by atoms with Gasteiger partial charge >= 0.3 is 0 Å². The number of imidazole rings is 1. The van der Waals surface area contributed by atoms with E-state index in [0.29, 0.717) is 0 Å². The average molecular weight is 240 g/mol. The molecule has 0 spiro atoms. The molecule has 0 saturated heterocycles. The van der Waals surface area contributed by atoms with E-state index in [4.69, 9.17) is 7.85 Å². The van der Waals surface area contributed by atoms with E-state index in [9.17, 15) is 0 Å². The number of nitrogens with zero attached hydrogens (tertiary/aromatic N) is 1. The quantitative estimate of drug-likeness (QED) is 0.704. The van der Waals surface area contributed by atoms with E-state index >= 15 is 0 Å². The molecular weight excluding hydrogens is 219 g/mol. The SMILES string of the molecule is [B]c1cc2[nH]c(C(C)(C)C)nc2cc1C(C)(C)C. The molecule has 0 fully saturated rings. The van der Waals surface area contributed by atoms with Crippen LogP contribution in [0.2, 0.25) is 0 Å². The summed E-state index contributed by atoms with van der Waals surface area (Å²) in [6, 6.07) is 4.11. The summed E-state index contributed by atoms with van der Waals surface area (Å²) >= 11 is 0. The Hall–Kier alpha value is -1.25. The first-order chi connectivity index (χ1) is 8.09. The zero-order valence-electron chi connectivity index (χ0n) is 12.2. The summed E-state index contributed by atoms with van der Waals surface area (Å²) in [5, 5.41) is 0. The molecule has 2 aromatic rings. The van der Waals surface area contributed by atoms with E-state index in [1.54, 1.807) is 0 Å². The van der Waals surface area contributed by atoms with Crippen molar-refractivity contribution < 1.29 is 0 Å². The van der Waals surface area contributed by atoms with Crippen LogP contribution in [0.15, 0.2) is 12.1 Å². The first-order valence-electron chi connectivity index (χ1n) is 6.39. The van der Waals surface area contributed by atoms with Gasteiger partial charge in [-0.2, -0.15) is 0 Å². The molecule has 0 aliphatic heterocycles. The van der Waals surface area contributed by atoms with Crippen molar-refractivity contribution in [3.63, 3.8) is 0 Å². The van der Waals surface area contributed by atoms with Crippen LogP contribution >= 0.6 is 0 Å². The van der Waals surface area contributed by atoms with Gasteiger partial charge < -0.3 is 4.98 Å². The van der Waals surface area contributed by atoms with Crippen LogP contribution in [0.25, 0.3) is 11.0 Å². The minimum Gasteiger partial charge on any atom is -0.342 e. The molecule has 1 aromatic carbocycles. The molecule has 0 saturated carbocycles. The number of hydrogen-bond acceptors (Lipinski definition) is 1. The van der Waals surface area contributed by atoms with Crippen LogP contribution in [-0.2, 0) is 10.8 Å². The van der Waals surface area contributed by atoms with Gasteiger partial charge in [0.2, 0.25) is 0 Å². The van der Waals surface area contributed by atoms with Crippen molar-refractivity contribution in [1.82, 2.24) is 9.97 Å². The Bertz CT molecular complexity index is 583. The van der Waals surface area contributed by atoms with Gasteiger partial charge in [-0.25, -0.2) is 4.98 Å². The minimum atomic E-state index is 0.0235. The van der Waals surface area contributed by atoms with Gasteiger partial charge in [-0.05, 0) is 23.1 Å². The maximum atomic E-state index is 6.14. The fraction of sp³-hybridized carbons (Fsp3) is 0.533. The molecule has 2 rings (SSSR count). The van der Waals surface area contributed by atoms with Crippen LogP contribution in [0.4, 0.5) is 0 Å². The summed E-state index contributed by atoms with van der Waals surface area (Å²) in [5.41, 5.74) is 4.07. The third-order valence-electron chi connectivity index (χ3n) is 3.17. The normalized spacial score (nSPS) is 13.2. The number of nitrogens with one attached hydrogen (secondary N) is 1. The Kier molecular flexibility index (Phi) is 2.84. The molecule has 0 unspecified atom stereocenters. The lowest BCUT2D eigenvalue weighted by atomic mass is 9.77. The average Bonchev–Trinajstić information content (AvgIpc) is 2.56. The Morgan fingerprint density at radius 1 is 1.00 bits per heavy atom. The van der Waals surface area contributed by atoms with Crippen molar-refractivity contribution in [2.75, 3.05) is 0 Å². The predicted octanol–water partition coefficient (Wildman–Crippen LogP) is 2.95. The molecule has 18 heavy (non-hydrogen) atoms. The van der Waals surface area contributed by atoms with Crippen LogP contribution in [0, 0.1) is 0 Å². The number of benzene rings is 1. The highest BCUT2D eigenvalue weighted by Gasteiger charge is 2.21. The summed E-state index contributed by atoms with van der Waals surface area (Å²) in [6.45, 7) is 13.0. The van der Waals surface area contributed by atoms with Gasteiger partial charge in [0.25, 0.3) is 0 Å². The summed E-state index contributed by atoms with van der Waals surface area (Å²) in [7, 11) is 6.14. The summed E-state index contributed by atoms with van der Waals surface area (Å²) in [5.74, 6) is 1.00. The standard InChI is InChI=1S/C15H21BN2/c1-14(2,3)9-7-11-12(8-10(9)16)18-13(17-11)15(4,5)6/h7-8H,1-6H3,(H,17,18). The molecule has 94 valence electrons. The largest absolute Gasteiger partial charge is 0.342 e. The lowest BCUT2D eigenvalue weighted by Gasteiger charge is -2.21. The molecule has 0 aliphatic rings.